The number of benzene rings is 3. The van der Waals surface area contributed by atoms with Gasteiger partial charge >= 0.3 is 0 Å². The van der Waals surface area contributed by atoms with E-state index in [0.29, 0.717) is 30.9 Å². The molecule has 0 bridgehead atoms. The number of rotatable bonds is 6. The summed E-state index contributed by atoms with van der Waals surface area (Å²) >= 11 is 0. The van der Waals surface area contributed by atoms with Crippen LogP contribution in [0.3, 0.4) is 0 Å². The summed E-state index contributed by atoms with van der Waals surface area (Å²) in [6.07, 6.45) is 0.664. The molecule has 0 N–H and O–H groups in total. The molecule has 1 amide bonds. The Hall–Kier alpha value is -3.32. The highest BCUT2D eigenvalue weighted by Crippen LogP contribution is 2.34. The lowest BCUT2D eigenvalue weighted by Gasteiger charge is -2.22. The van der Waals surface area contributed by atoms with Crippen molar-refractivity contribution in [1.29, 1.82) is 0 Å². The standard InChI is InChI=1S/C24H24N2O4S/c1-25(17-18-8-4-3-5-9-18)24(27)21-16-20(12-13-23(21)30-2)31(28,29)26-15-14-19-10-6-7-11-22(19)26/h3-13,16H,14-15,17H2,1-2H3. The van der Waals surface area contributed by atoms with Crippen molar-refractivity contribution < 1.29 is 17.9 Å². The molecule has 0 unspecified atom stereocenters. The van der Waals surface area contributed by atoms with E-state index in [1.54, 1.807) is 18.0 Å². The molecule has 31 heavy (non-hydrogen) atoms. The Morgan fingerprint density at radius 1 is 1.03 bits per heavy atom. The Labute approximate surface area is 182 Å². The zero-order chi connectivity index (χ0) is 22.0. The van der Waals surface area contributed by atoms with Gasteiger partial charge in [-0.2, -0.15) is 0 Å². The lowest BCUT2D eigenvalue weighted by Crippen LogP contribution is -2.30. The second-order valence-corrected chi connectivity index (χ2v) is 9.33. The highest BCUT2D eigenvalue weighted by molar-refractivity contribution is 7.92. The predicted octanol–water partition coefficient (Wildman–Crippen LogP) is 3.72. The number of anilines is 1. The average molecular weight is 437 g/mol. The Kier molecular flexibility index (Phi) is 5.69. The van der Waals surface area contributed by atoms with Crippen LogP contribution >= 0.6 is 0 Å². The maximum Gasteiger partial charge on any atom is 0.264 e. The molecule has 1 aliphatic heterocycles. The minimum Gasteiger partial charge on any atom is -0.496 e. The summed E-state index contributed by atoms with van der Waals surface area (Å²) in [5, 5.41) is 0. The van der Waals surface area contributed by atoms with Gasteiger partial charge in [-0.25, -0.2) is 8.42 Å². The van der Waals surface area contributed by atoms with Crippen LogP contribution in [-0.2, 0) is 23.0 Å². The molecule has 0 fully saturated rings. The maximum absolute atomic E-state index is 13.4. The number of fused-ring (bicyclic) bond motifs is 1. The van der Waals surface area contributed by atoms with Gasteiger partial charge in [0.2, 0.25) is 0 Å². The lowest BCUT2D eigenvalue weighted by atomic mass is 10.1. The van der Waals surface area contributed by atoms with Crippen LogP contribution in [0.25, 0.3) is 0 Å². The van der Waals surface area contributed by atoms with Gasteiger partial charge in [0.1, 0.15) is 5.75 Å². The number of ether oxygens (including phenoxy) is 1. The second kappa shape index (κ2) is 8.43. The molecule has 6 nitrogen and oxygen atoms in total. The van der Waals surface area contributed by atoms with Gasteiger partial charge in [0.15, 0.2) is 0 Å². The normalized spacial score (nSPS) is 13.0. The van der Waals surface area contributed by atoms with Gasteiger partial charge in [-0.1, -0.05) is 48.5 Å². The highest BCUT2D eigenvalue weighted by atomic mass is 32.2. The van der Waals surface area contributed by atoms with Gasteiger partial charge in [0, 0.05) is 20.1 Å². The fourth-order valence-electron chi connectivity index (χ4n) is 3.83. The SMILES string of the molecule is COc1ccc(S(=O)(=O)N2CCc3ccccc32)cc1C(=O)N(C)Cc1ccccc1. The zero-order valence-corrected chi connectivity index (χ0v) is 18.3. The lowest BCUT2D eigenvalue weighted by molar-refractivity contribution is 0.0781. The number of hydrogen-bond acceptors (Lipinski definition) is 4. The van der Waals surface area contributed by atoms with Gasteiger partial charge in [-0.3, -0.25) is 9.10 Å². The summed E-state index contributed by atoms with van der Waals surface area (Å²) in [7, 11) is -0.657. The molecule has 0 aromatic heterocycles. The van der Waals surface area contributed by atoms with Crippen molar-refractivity contribution in [2.75, 3.05) is 25.0 Å². The zero-order valence-electron chi connectivity index (χ0n) is 17.5. The third-order valence-corrected chi connectivity index (χ3v) is 7.25. The average Bonchev–Trinajstić information content (AvgIpc) is 3.24. The topological polar surface area (TPSA) is 66.9 Å². The third kappa shape index (κ3) is 4.01. The minimum absolute atomic E-state index is 0.0708. The van der Waals surface area contributed by atoms with Crippen molar-refractivity contribution in [1.82, 2.24) is 4.90 Å². The van der Waals surface area contributed by atoms with E-state index in [2.05, 4.69) is 0 Å². The minimum atomic E-state index is -3.81. The number of nitrogens with zero attached hydrogens (tertiary/aromatic N) is 2. The first-order valence-corrected chi connectivity index (χ1v) is 11.4. The number of sulfonamides is 1. The molecule has 7 heteroatoms. The van der Waals surface area contributed by atoms with E-state index in [0.717, 1.165) is 11.1 Å². The molecule has 1 heterocycles. The van der Waals surface area contributed by atoms with Crippen LogP contribution in [0.4, 0.5) is 5.69 Å². The molecular weight excluding hydrogens is 412 g/mol. The first-order chi connectivity index (χ1) is 14.9. The van der Waals surface area contributed by atoms with Crippen LogP contribution in [0.15, 0.2) is 77.7 Å². The van der Waals surface area contributed by atoms with E-state index in [4.69, 9.17) is 4.74 Å². The summed E-state index contributed by atoms with van der Waals surface area (Å²) in [5.74, 6) is 0.0326. The van der Waals surface area contributed by atoms with E-state index >= 15 is 0 Å². The Bertz CT molecular complexity index is 1210. The molecular formula is C24H24N2O4S. The van der Waals surface area contributed by atoms with Gasteiger partial charge in [-0.15, -0.1) is 0 Å². The first-order valence-electron chi connectivity index (χ1n) is 10.00. The summed E-state index contributed by atoms with van der Waals surface area (Å²) < 4.78 is 33.6. The molecule has 4 rings (SSSR count). The fourth-order valence-corrected chi connectivity index (χ4v) is 5.36. The summed E-state index contributed by atoms with van der Waals surface area (Å²) in [4.78, 5) is 14.8. The molecule has 0 radical (unpaired) electrons. The van der Waals surface area contributed by atoms with Crippen molar-refractivity contribution in [2.45, 2.75) is 17.9 Å². The summed E-state index contributed by atoms with van der Waals surface area (Å²) in [5.41, 5.74) is 2.88. The quantitative estimate of drug-likeness (QED) is 0.591. The summed E-state index contributed by atoms with van der Waals surface area (Å²) in [6.45, 7) is 0.782. The van der Waals surface area contributed by atoms with Crippen LogP contribution in [0.5, 0.6) is 5.75 Å². The molecule has 3 aromatic carbocycles. The van der Waals surface area contributed by atoms with Crippen molar-refractivity contribution >= 4 is 21.6 Å². The number of amides is 1. The van der Waals surface area contributed by atoms with Gasteiger partial charge in [0.05, 0.1) is 23.3 Å². The Morgan fingerprint density at radius 2 is 1.74 bits per heavy atom. The fraction of sp³-hybridized carbons (Fsp3) is 0.208. The number of methoxy groups -OCH3 is 1. The van der Waals surface area contributed by atoms with E-state index < -0.39 is 10.0 Å². The molecule has 1 aliphatic rings. The number of hydrogen-bond donors (Lipinski definition) is 0. The smallest absolute Gasteiger partial charge is 0.264 e. The maximum atomic E-state index is 13.4. The predicted molar refractivity (Wildman–Crippen MR) is 120 cm³/mol. The van der Waals surface area contributed by atoms with Crippen molar-refractivity contribution in [3.63, 3.8) is 0 Å². The molecule has 0 saturated heterocycles. The number of carbonyl (C=O) groups excluding carboxylic acids is 1. The van der Waals surface area contributed by atoms with Crippen LogP contribution in [0, 0.1) is 0 Å². The second-order valence-electron chi connectivity index (χ2n) is 7.46. The van der Waals surface area contributed by atoms with Crippen LogP contribution in [-0.4, -0.2) is 39.9 Å². The molecule has 0 aliphatic carbocycles. The van der Waals surface area contributed by atoms with E-state index in [-0.39, 0.29) is 16.4 Å². The van der Waals surface area contributed by atoms with Crippen molar-refractivity contribution in [2.24, 2.45) is 0 Å². The number of carbonyl (C=O) groups is 1. The number of para-hydroxylation sites is 1. The Morgan fingerprint density at radius 3 is 2.48 bits per heavy atom. The van der Waals surface area contributed by atoms with E-state index in [9.17, 15) is 13.2 Å². The molecule has 3 aromatic rings. The van der Waals surface area contributed by atoms with Gasteiger partial charge in [0.25, 0.3) is 15.9 Å². The van der Waals surface area contributed by atoms with Gasteiger partial charge < -0.3 is 9.64 Å². The monoisotopic (exact) mass is 436 g/mol. The van der Waals surface area contributed by atoms with Crippen molar-refractivity contribution in [3.8, 4) is 5.75 Å². The van der Waals surface area contributed by atoms with Crippen molar-refractivity contribution in [3.05, 3.63) is 89.5 Å². The first kappa shape index (κ1) is 20.9. The highest BCUT2D eigenvalue weighted by Gasteiger charge is 2.32. The molecule has 0 atom stereocenters. The third-order valence-electron chi connectivity index (χ3n) is 5.44. The largest absolute Gasteiger partial charge is 0.496 e. The van der Waals surface area contributed by atoms with Gasteiger partial charge in [-0.05, 0) is 41.8 Å². The molecule has 0 spiro atoms. The van der Waals surface area contributed by atoms with Crippen LogP contribution < -0.4 is 9.04 Å². The van der Waals surface area contributed by atoms with Crippen LogP contribution in [0.2, 0.25) is 0 Å². The Balaban J connectivity index is 1.67. The molecule has 160 valence electrons. The van der Waals surface area contributed by atoms with E-state index in [1.807, 2.05) is 54.6 Å². The summed E-state index contributed by atoms with van der Waals surface area (Å²) in [6, 6.07) is 21.5. The molecule has 0 saturated carbocycles. The van der Waals surface area contributed by atoms with E-state index in [1.165, 1.54) is 23.5 Å². The van der Waals surface area contributed by atoms with Crippen LogP contribution in [0.1, 0.15) is 21.5 Å².